The molecule has 4 N–H and O–H groups in total. The van der Waals surface area contributed by atoms with Gasteiger partial charge in [0.25, 0.3) is 0 Å². The van der Waals surface area contributed by atoms with E-state index in [2.05, 4.69) is 20.6 Å². The lowest BCUT2D eigenvalue weighted by Crippen LogP contribution is -2.21. The van der Waals surface area contributed by atoms with Crippen molar-refractivity contribution < 1.29 is 13.6 Å². The van der Waals surface area contributed by atoms with Crippen molar-refractivity contribution in [3.63, 3.8) is 0 Å². The third-order valence-corrected chi connectivity index (χ3v) is 4.31. The summed E-state index contributed by atoms with van der Waals surface area (Å²) in [5, 5.41) is 4.83. The van der Waals surface area contributed by atoms with Crippen LogP contribution in [-0.2, 0) is 0 Å². The SMILES string of the molecule is Nc1ncnc2c1c(=O)ccn2-c1ccc(NC(=O)Nc2c(F)cccc2F)cc1. The average molecular weight is 408 g/mol. The van der Waals surface area contributed by atoms with Crippen molar-refractivity contribution in [2.45, 2.75) is 0 Å². The number of urea groups is 1. The van der Waals surface area contributed by atoms with Gasteiger partial charge in [0.05, 0.1) is 0 Å². The van der Waals surface area contributed by atoms with E-state index >= 15 is 0 Å². The molecule has 0 aliphatic carbocycles. The summed E-state index contributed by atoms with van der Waals surface area (Å²) in [6.45, 7) is 0. The molecule has 0 aliphatic rings. The minimum Gasteiger partial charge on any atom is -0.383 e. The first-order valence-corrected chi connectivity index (χ1v) is 8.68. The summed E-state index contributed by atoms with van der Waals surface area (Å²) in [5.41, 5.74) is 6.32. The number of nitrogens with two attached hydrogens (primary N) is 1. The minimum absolute atomic E-state index is 0.0784. The highest BCUT2D eigenvalue weighted by Crippen LogP contribution is 2.20. The van der Waals surface area contributed by atoms with Gasteiger partial charge in [-0.3, -0.25) is 4.79 Å². The second-order valence-electron chi connectivity index (χ2n) is 6.23. The molecule has 0 fully saturated rings. The molecular weight excluding hydrogens is 394 g/mol. The molecule has 0 bridgehead atoms. The van der Waals surface area contributed by atoms with Gasteiger partial charge in [-0.05, 0) is 36.4 Å². The van der Waals surface area contributed by atoms with Gasteiger partial charge in [-0.15, -0.1) is 0 Å². The minimum atomic E-state index is -0.883. The molecule has 2 aromatic heterocycles. The van der Waals surface area contributed by atoms with E-state index in [4.69, 9.17) is 5.73 Å². The summed E-state index contributed by atoms with van der Waals surface area (Å²) in [7, 11) is 0. The van der Waals surface area contributed by atoms with E-state index in [1.54, 1.807) is 35.0 Å². The first-order chi connectivity index (χ1) is 14.4. The maximum absolute atomic E-state index is 13.6. The van der Waals surface area contributed by atoms with Gasteiger partial charge in [-0.2, -0.15) is 0 Å². The fourth-order valence-corrected chi connectivity index (χ4v) is 2.91. The van der Waals surface area contributed by atoms with Crippen LogP contribution < -0.4 is 21.8 Å². The van der Waals surface area contributed by atoms with Crippen molar-refractivity contribution in [1.82, 2.24) is 14.5 Å². The van der Waals surface area contributed by atoms with Gasteiger partial charge in [0.15, 0.2) is 11.1 Å². The highest BCUT2D eigenvalue weighted by molar-refractivity contribution is 6.00. The quantitative estimate of drug-likeness (QED) is 0.481. The Balaban J connectivity index is 1.58. The molecule has 8 nitrogen and oxygen atoms in total. The number of carbonyl (C=O) groups excluding carboxylic acids is 1. The fraction of sp³-hybridized carbons (Fsp3) is 0. The molecule has 10 heteroatoms. The second-order valence-corrected chi connectivity index (χ2v) is 6.23. The zero-order valence-corrected chi connectivity index (χ0v) is 15.3. The molecule has 4 aromatic rings. The number of anilines is 3. The molecule has 0 spiro atoms. The third-order valence-electron chi connectivity index (χ3n) is 4.31. The van der Waals surface area contributed by atoms with Crippen LogP contribution in [0.3, 0.4) is 0 Å². The zero-order valence-electron chi connectivity index (χ0n) is 15.3. The number of rotatable bonds is 3. The Hall–Kier alpha value is -4.34. The van der Waals surface area contributed by atoms with Gasteiger partial charge in [0.2, 0.25) is 0 Å². The van der Waals surface area contributed by atoms with Crippen LogP contribution in [0.4, 0.5) is 30.8 Å². The monoisotopic (exact) mass is 408 g/mol. The number of hydrogen-bond donors (Lipinski definition) is 3. The van der Waals surface area contributed by atoms with Crippen LogP contribution in [0.1, 0.15) is 0 Å². The number of pyridine rings is 1. The lowest BCUT2D eigenvalue weighted by atomic mass is 10.2. The van der Waals surface area contributed by atoms with E-state index in [-0.39, 0.29) is 16.6 Å². The number of amides is 2. The van der Waals surface area contributed by atoms with Gasteiger partial charge in [0, 0.05) is 23.6 Å². The first-order valence-electron chi connectivity index (χ1n) is 8.68. The molecule has 0 saturated carbocycles. The fourth-order valence-electron chi connectivity index (χ4n) is 2.91. The normalized spacial score (nSPS) is 10.7. The van der Waals surface area contributed by atoms with Crippen molar-refractivity contribution in [2.24, 2.45) is 0 Å². The summed E-state index contributed by atoms with van der Waals surface area (Å²) in [4.78, 5) is 32.1. The smallest absolute Gasteiger partial charge is 0.323 e. The van der Waals surface area contributed by atoms with Crippen LogP contribution in [-0.4, -0.2) is 20.6 Å². The molecule has 2 amide bonds. The molecule has 2 aromatic carbocycles. The number of halogens is 2. The van der Waals surface area contributed by atoms with E-state index in [1.807, 2.05) is 0 Å². The van der Waals surface area contributed by atoms with E-state index in [0.29, 0.717) is 17.0 Å². The van der Waals surface area contributed by atoms with Crippen LogP contribution in [0.25, 0.3) is 16.7 Å². The number of para-hydroxylation sites is 1. The standard InChI is InChI=1S/C20H14F2N6O2/c21-13-2-1-3-14(22)17(13)27-20(30)26-11-4-6-12(7-5-11)28-9-8-15(29)16-18(23)24-10-25-19(16)28/h1-10H,(H2,23,24,25)(H2,26,27,30). The van der Waals surface area contributed by atoms with Crippen molar-refractivity contribution in [1.29, 1.82) is 0 Å². The van der Waals surface area contributed by atoms with Crippen molar-refractivity contribution in [2.75, 3.05) is 16.4 Å². The zero-order chi connectivity index (χ0) is 21.3. The summed E-state index contributed by atoms with van der Waals surface area (Å²) < 4.78 is 28.9. The highest BCUT2D eigenvalue weighted by atomic mass is 19.1. The van der Waals surface area contributed by atoms with Crippen molar-refractivity contribution >= 4 is 34.3 Å². The largest absolute Gasteiger partial charge is 0.383 e. The molecule has 150 valence electrons. The molecular formula is C20H14F2N6O2. The van der Waals surface area contributed by atoms with Crippen LogP contribution >= 0.6 is 0 Å². The van der Waals surface area contributed by atoms with Crippen LogP contribution in [0, 0.1) is 11.6 Å². The Kier molecular flexibility index (Phi) is 4.80. The number of benzene rings is 2. The van der Waals surface area contributed by atoms with E-state index in [1.165, 1.54) is 18.5 Å². The maximum atomic E-state index is 13.6. The molecule has 2 heterocycles. The molecule has 0 aliphatic heterocycles. The van der Waals surface area contributed by atoms with E-state index in [0.717, 1.165) is 12.1 Å². The number of hydrogen-bond acceptors (Lipinski definition) is 5. The van der Waals surface area contributed by atoms with Crippen LogP contribution in [0.2, 0.25) is 0 Å². The summed E-state index contributed by atoms with van der Waals surface area (Å²) in [6.07, 6.45) is 2.81. The van der Waals surface area contributed by atoms with Gasteiger partial charge >= 0.3 is 6.03 Å². The lowest BCUT2D eigenvalue weighted by molar-refractivity contribution is 0.262. The van der Waals surface area contributed by atoms with Crippen LogP contribution in [0.15, 0.2) is 65.8 Å². The topological polar surface area (TPSA) is 115 Å². The predicted octanol–water partition coefficient (Wildman–Crippen LogP) is 3.29. The molecule has 0 unspecified atom stereocenters. The lowest BCUT2D eigenvalue weighted by Gasteiger charge is -2.12. The number of carbonyl (C=O) groups is 1. The van der Waals surface area contributed by atoms with Gasteiger partial charge in [0.1, 0.15) is 34.9 Å². The number of fused-ring (bicyclic) bond motifs is 1. The number of nitrogens with zero attached hydrogens (tertiary/aromatic N) is 3. The third kappa shape index (κ3) is 3.53. The molecule has 0 radical (unpaired) electrons. The molecule has 0 atom stereocenters. The van der Waals surface area contributed by atoms with Gasteiger partial charge in [-0.25, -0.2) is 23.5 Å². The highest BCUT2D eigenvalue weighted by Gasteiger charge is 2.13. The first kappa shape index (κ1) is 19.0. The van der Waals surface area contributed by atoms with E-state index < -0.39 is 23.4 Å². The summed E-state index contributed by atoms with van der Waals surface area (Å²) in [5.74, 6) is -1.69. The Bertz CT molecular complexity index is 1300. The molecule has 0 saturated heterocycles. The number of nitrogen functional groups attached to an aromatic ring is 1. The molecule has 30 heavy (non-hydrogen) atoms. The summed E-state index contributed by atoms with van der Waals surface area (Å²) in [6, 6.07) is 10.3. The number of nitrogens with one attached hydrogen (secondary N) is 2. The average Bonchev–Trinajstić information content (AvgIpc) is 2.72. The van der Waals surface area contributed by atoms with Gasteiger partial charge in [-0.1, -0.05) is 6.07 Å². The molecule has 4 rings (SSSR count). The second kappa shape index (κ2) is 7.59. The van der Waals surface area contributed by atoms with Crippen molar-refractivity contribution in [3.05, 3.63) is 82.9 Å². The van der Waals surface area contributed by atoms with Crippen LogP contribution in [0.5, 0.6) is 0 Å². The van der Waals surface area contributed by atoms with Crippen molar-refractivity contribution in [3.8, 4) is 5.69 Å². The maximum Gasteiger partial charge on any atom is 0.323 e. The Morgan fingerprint density at radius 1 is 0.967 bits per heavy atom. The Morgan fingerprint density at radius 2 is 1.67 bits per heavy atom. The summed E-state index contributed by atoms with van der Waals surface area (Å²) >= 11 is 0. The van der Waals surface area contributed by atoms with E-state index in [9.17, 15) is 18.4 Å². The number of aromatic nitrogens is 3. The Labute approximate surface area is 168 Å². The predicted molar refractivity (Wildman–Crippen MR) is 109 cm³/mol. The van der Waals surface area contributed by atoms with Gasteiger partial charge < -0.3 is 20.9 Å². The Morgan fingerprint density at radius 3 is 2.37 bits per heavy atom.